The Morgan fingerprint density at radius 3 is 2.72 bits per heavy atom. The zero-order valence-corrected chi connectivity index (χ0v) is 11.7. The molecule has 0 spiro atoms. The van der Waals surface area contributed by atoms with Crippen molar-refractivity contribution >= 4 is 28.6 Å². The average molecular weight is 365 g/mol. The second kappa shape index (κ2) is 6.64. The Kier molecular flexibility index (Phi) is 5.47. The molecule has 3 nitrogen and oxygen atoms in total. The molecule has 0 aliphatic rings. The lowest BCUT2D eigenvalue weighted by atomic mass is 10.00. The maximum atomic E-state index is 12.8. The molecular formula is C12H10F2INO2. The van der Waals surface area contributed by atoms with E-state index in [1.54, 1.807) is 19.1 Å². The minimum absolute atomic E-state index is 0.140. The Balaban J connectivity index is 3.18. The van der Waals surface area contributed by atoms with Gasteiger partial charge in [0.05, 0.1) is 24.7 Å². The molecular weight excluding hydrogens is 355 g/mol. The van der Waals surface area contributed by atoms with Gasteiger partial charge in [-0.05, 0) is 47.2 Å². The molecule has 0 N–H and O–H groups in total. The normalized spacial score (nSPS) is 10.2. The molecule has 0 aromatic heterocycles. The van der Waals surface area contributed by atoms with E-state index in [0.717, 1.165) is 0 Å². The summed E-state index contributed by atoms with van der Waals surface area (Å²) in [5, 5.41) is 8.94. The average Bonchev–Trinajstić information content (AvgIpc) is 2.28. The highest BCUT2D eigenvalue weighted by atomic mass is 127. The van der Waals surface area contributed by atoms with Crippen molar-refractivity contribution in [1.29, 1.82) is 5.26 Å². The first-order valence-electron chi connectivity index (χ1n) is 5.15. The van der Waals surface area contributed by atoms with Gasteiger partial charge in [0.2, 0.25) is 0 Å². The van der Waals surface area contributed by atoms with Crippen molar-refractivity contribution in [3.05, 3.63) is 32.4 Å². The number of benzene rings is 1. The maximum Gasteiger partial charge on any atom is 0.310 e. The van der Waals surface area contributed by atoms with Crippen LogP contribution < -0.4 is 0 Å². The minimum Gasteiger partial charge on any atom is -0.466 e. The van der Waals surface area contributed by atoms with Gasteiger partial charge in [-0.25, -0.2) is 8.78 Å². The maximum absolute atomic E-state index is 12.8. The van der Waals surface area contributed by atoms with E-state index in [2.05, 4.69) is 0 Å². The molecule has 0 heterocycles. The summed E-state index contributed by atoms with van der Waals surface area (Å²) in [6.45, 7) is 1.87. The van der Waals surface area contributed by atoms with E-state index in [0.29, 0.717) is 3.57 Å². The van der Waals surface area contributed by atoms with Crippen molar-refractivity contribution < 1.29 is 18.3 Å². The number of carbonyl (C=O) groups excluding carboxylic acids is 1. The van der Waals surface area contributed by atoms with Crippen LogP contribution in [0.1, 0.15) is 30.0 Å². The van der Waals surface area contributed by atoms with Crippen molar-refractivity contribution in [3.8, 4) is 6.07 Å². The van der Waals surface area contributed by atoms with Gasteiger partial charge >= 0.3 is 5.97 Å². The lowest BCUT2D eigenvalue weighted by Gasteiger charge is -2.09. The zero-order chi connectivity index (χ0) is 13.7. The lowest BCUT2D eigenvalue weighted by molar-refractivity contribution is -0.142. The number of ether oxygens (including phenoxy) is 1. The highest BCUT2D eigenvalue weighted by molar-refractivity contribution is 14.1. The molecule has 0 radical (unpaired) electrons. The van der Waals surface area contributed by atoms with Crippen LogP contribution in [-0.2, 0) is 16.0 Å². The second-order valence-electron chi connectivity index (χ2n) is 3.42. The number of nitriles is 1. The zero-order valence-electron chi connectivity index (χ0n) is 9.54. The van der Waals surface area contributed by atoms with Crippen molar-refractivity contribution in [2.24, 2.45) is 0 Å². The third kappa shape index (κ3) is 3.63. The molecule has 6 heteroatoms. The van der Waals surface area contributed by atoms with Crippen LogP contribution in [-0.4, -0.2) is 12.6 Å². The van der Waals surface area contributed by atoms with Gasteiger partial charge in [0, 0.05) is 9.13 Å². The van der Waals surface area contributed by atoms with Gasteiger partial charge in [0.15, 0.2) is 0 Å². The predicted molar refractivity (Wildman–Crippen MR) is 69.2 cm³/mol. The summed E-state index contributed by atoms with van der Waals surface area (Å²) >= 11 is 1.87. The predicted octanol–water partition coefficient (Wildman–Crippen LogP) is 3.21. The van der Waals surface area contributed by atoms with Gasteiger partial charge in [-0.3, -0.25) is 4.79 Å². The van der Waals surface area contributed by atoms with E-state index in [1.807, 2.05) is 22.6 Å². The van der Waals surface area contributed by atoms with Crippen LogP contribution in [0, 0.1) is 14.9 Å². The largest absolute Gasteiger partial charge is 0.466 e. The van der Waals surface area contributed by atoms with Crippen LogP contribution >= 0.6 is 22.6 Å². The van der Waals surface area contributed by atoms with E-state index in [4.69, 9.17) is 10.00 Å². The quantitative estimate of drug-likeness (QED) is 0.608. The minimum atomic E-state index is -2.74. The molecule has 18 heavy (non-hydrogen) atoms. The fraction of sp³-hybridized carbons (Fsp3) is 0.333. The van der Waals surface area contributed by atoms with Gasteiger partial charge in [-0.2, -0.15) is 5.26 Å². The Labute approximate surface area is 117 Å². The van der Waals surface area contributed by atoms with Crippen LogP contribution in [0.2, 0.25) is 0 Å². The molecule has 1 rings (SSSR count). The topological polar surface area (TPSA) is 50.1 Å². The molecule has 0 bridgehead atoms. The summed E-state index contributed by atoms with van der Waals surface area (Å²) in [6.07, 6.45) is -2.91. The first kappa shape index (κ1) is 14.8. The monoisotopic (exact) mass is 365 g/mol. The third-order valence-corrected chi connectivity index (χ3v) is 2.83. The first-order valence-corrected chi connectivity index (χ1v) is 6.23. The molecule has 0 saturated heterocycles. The number of halogens is 3. The number of hydrogen-bond acceptors (Lipinski definition) is 3. The van der Waals surface area contributed by atoms with Gasteiger partial charge < -0.3 is 4.74 Å². The molecule has 1 aromatic carbocycles. The smallest absolute Gasteiger partial charge is 0.310 e. The molecule has 0 aliphatic carbocycles. The van der Waals surface area contributed by atoms with Crippen molar-refractivity contribution in [3.63, 3.8) is 0 Å². The summed E-state index contributed by atoms with van der Waals surface area (Å²) in [5.41, 5.74) is -0.208. The Bertz CT molecular complexity index is 498. The highest BCUT2D eigenvalue weighted by Crippen LogP contribution is 2.27. The van der Waals surface area contributed by atoms with E-state index in [9.17, 15) is 13.6 Å². The Hall–Kier alpha value is -1.23. The fourth-order valence-corrected chi connectivity index (χ4v) is 2.21. The van der Waals surface area contributed by atoms with Crippen molar-refractivity contribution in [2.45, 2.75) is 19.8 Å². The summed E-state index contributed by atoms with van der Waals surface area (Å²) in [7, 11) is 0. The third-order valence-electron chi connectivity index (χ3n) is 2.20. The molecule has 1 aromatic rings. The van der Waals surface area contributed by atoms with E-state index in [1.165, 1.54) is 6.07 Å². The molecule has 0 atom stereocenters. The van der Waals surface area contributed by atoms with Crippen LogP contribution in [0.3, 0.4) is 0 Å². The standard InChI is InChI=1S/C12H10F2INO2/c1-2-18-11(17)4-7-3-8(15)5-9(12(13)14)10(7)6-16/h3,5,12H,2,4H2,1H3. The first-order chi connectivity index (χ1) is 8.49. The molecule has 0 aliphatic heterocycles. The van der Waals surface area contributed by atoms with E-state index < -0.39 is 12.4 Å². The van der Waals surface area contributed by atoms with Gasteiger partial charge in [0.1, 0.15) is 0 Å². The van der Waals surface area contributed by atoms with Gasteiger partial charge in [-0.15, -0.1) is 0 Å². The highest BCUT2D eigenvalue weighted by Gasteiger charge is 2.19. The Morgan fingerprint density at radius 1 is 1.56 bits per heavy atom. The molecule has 96 valence electrons. The summed E-state index contributed by atoms with van der Waals surface area (Å²) in [5.74, 6) is -0.531. The SMILES string of the molecule is CCOC(=O)Cc1cc(I)cc(C(F)F)c1C#N. The Morgan fingerprint density at radius 2 is 2.22 bits per heavy atom. The summed E-state index contributed by atoms with van der Waals surface area (Å²) in [6, 6.07) is 4.52. The number of carbonyl (C=O) groups is 1. The van der Waals surface area contributed by atoms with Crippen molar-refractivity contribution in [2.75, 3.05) is 6.61 Å². The summed E-state index contributed by atoms with van der Waals surface area (Å²) in [4.78, 5) is 11.4. The second-order valence-corrected chi connectivity index (χ2v) is 4.67. The number of nitrogens with zero attached hydrogens (tertiary/aromatic N) is 1. The van der Waals surface area contributed by atoms with Gasteiger partial charge in [0.25, 0.3) is 6.43 Å². The van der Waals surface area contributed by atoms with E-state index in [-0.39, 0.29) is 29.7 Å². The fourth-order valence-electron chi connectivity index (χ4n) is 1.50. The number of hydrogen-bond donors (Lipinski definition) is 0. The molecule has 0 saturated carbocycles. The van der Waals surface area contributed by atoms with Gasteiger partial charge in [-0.1, -0.05) is 0 Å². The number of esters is 1. The number of alkyl halides is 2. The molecule has 0 amide bonds. The molecule has 0 unspecified atom stereocenters. The summed E-state index contributed by atoms with van der Waals surface area (Å²) < 4.78 is 30.9. The molecule has 0 fully saturated rings. The lowest BCUT2D eigenvalue weighted by Crippen LogP contribution is -2.10. The van der Waals surface area contributed by atoms with Crippen LogP contribution in [0.15, 0.2) is 12.1 Å². The van der Waals surface area contributed by atoms with Crippen LogP contribution in [0.25, 0.3) is 0 Å². The van der Waals surface area contributed by atoms with Crippen LogP contribution in [0.5, 0.6) is 0 Å². The number of rotatable bonds is 4. The van der Waals surface area contributed by atoms with Crippen LogP contribution in [0.4, 0.5) is 8.78 Å². The van der Waals surface area contributed by atoms with E-state index >= 15 is 0 Å². The van der Waals surface area contributed by atoms with Crippen molar-refractivity contribution in [1.82, 2.24) is 0 Å².